The maximum absolute atomic E-state index is 13.6. The molecule has 1 fully saturated rings. The molecule has 1 saturated heterocycles. The molecule has 2 unspecified atom stereocenters. The molecule has 6 nitrogen and oxygen atoms in total. The smallest absolute Gasteiger partial charge is 0.243 e. The van der Waals surface area contributed by atoms with Crippen LogP contribution in [0.25, 0.3) is 0 Å². The molecule has 28 heavy (non-hydrogen) atoms. The molecule has 0 bridgehead atoms. The van der Waals surface area contributed by atoms with Crippen molar-refractivity contribution >= 4 is 17.5 Å². The summed E-state index contributed by atoms with van der Waals surface area (Å²) in [4.78, 5) is 24.3. The number of halogens is 4. The highest BCUT2D eigenvalue weighted by atomic mass is 19.2. The van der Waals surface area contributed by atoms with E-state index in [1.807, 2.05) is 0 Å². The Labute approximate surface area is 157 Å². The zero-order valence-electron chi connectivity index (χ0n) is 14.4. The van der Waals surface area contributed by atoms with Gasteiger partial charge in [0, 0.05) is 6.54 Å². The second kappa shape index (κ2) is 8.36. The molecular formula is C18H16F4N4O2. The third-order valence-electron chi connectivity index (χ3n) is 4.28. The van der Waals surface area contributed by atoms with Gasteiger partial charge in [-0.1, -0.05) is 12.1 Å². The maximum atomic E-state index is 13.6. The third kappa shape index (κ3) is 4.29. The Morgan fingerprint density at radius 1 is 1.00 bits per heavy atom. The molecule has 0 radical (unpaired) electrons. The lowest BCUT2D eigenvalue weighted by Crippen LogP contribution is -2.39. The molecule has 0 aromatic heterocycles. The van der Waals surface area contributed by atoms with Crippen LogP contribution in [-0.4, -0.2) is 24.9 Å². The second-order valence-corrected chi connectivity index (χ2v) is 6.15. The Morgan fingerprint density at radius 3 is 2.43 bits per heavy atom. The number of nitrogens with one attached hydrogen (secondary N) is 4. The maximum Gasteiger partial charge on any atom is 0.243 e. The zero-order chi connectivity index (χ0) is 20.3. The summed E-state index contributed by atoms with van der Waals surface area (Å²) in [5.41, 5.74) is 5.88. The van der Waals surface area contributed by atoms with Gasteiger partial charge in [0.1, 0.15) is 5.82 Å². The van der Waals surface area contributed by atoms with Gasteiger partial charge >= 0.3 is 0 Å². The summed E-state index contributed by atoms with van der Waals surface area (Å²) >= 11 is 0. The first kappa shape index (κ1) is 19.8. The zero-order valence-corrected chi connectivity index (χ0v) is 14.4. The average Bonchev–Trinajstić information content (AvgIpc) is 3.17. The Balaban J connectivity index is 1.58. The van der Waals surface area contributed by atoms with Crippen molar-refractivity contribution in [1.29, 1.82) is 0 Å². The number of benzene rings is 2. The van der Waals surface area contributed by atoms with Crippen LogP contribution < -0.4 is 21.5 Å². The van der Waals surface area contributed by atoms with Crippen molar-refractivity contribution in [3.63, 3.8) is 0 Å². The highest BCUT2D eigenvalue weighted by molar-refractivity contribution is 5.95. The van der Waals surface area contributed by atoms with Gasteiger partial charge < -0.3 is 10.6 Å². The van der Waals surface area contributed by atoms with Gasteiger partial charge in [-0.15, -0.1) is 0 Å². The predicted molar refractivity (Wildman–Crippen MR) is 91.7 cm³/mol. The van der Waals surface area contributed by atoms with Crippen LogP contribution in [0, 0.1) is 29.2 Å². The van der Waals surface area contributed by atoms with Gasteiger partial charge in [-0.3, -0.25) is 15.0 Å². The Morgan fingerprint density at radius 2 is 1.71 bits per heavy atom. The molecular weight excluding hydrogens is 380 g/mol. The van der Waals surface area contributed by atoms with Gasteiger partial charge in [-0.2, -0.15) is 0 Å². The standard InChI is InChI=1S/C18H16F4N4O2/c19-10-3-1-9(2-4-10)17-11(7-24-26-17)18(28)23-8-14(27)25-13-6-5-12(20)15(21)16(13)22/h1-6,11,17,24,26H,7-8H2,(H,23,28)(H,25,27). The molecule has 0 saturated carbocycles. The molecule has 2 aromatic rings. The van der Waals surface area contributed by atoms with E-state index in [1.165, 1.54) is 12.1 Å². The van der Waals surface area contributed by atoms with Crippen molar-refractivity contribution in [2.24, 2.45) is 5.92 Å². The van der Waals surface area contributed by atoms with Crippen LogP contribution in [0.4, 0.5) is 23.2 Å². The van der Waals surface area contributed by atoms with E-state index in [-0.39, 0.29) is 6.54 Å². The molecule has 0 aliphatic carbocycles. The summed E-state index contributed by atoms with van der Waals surface area (Å²) in [7, 11) is 0. The minimum Gasteiger partial charge on any atom is -0.347 e. The van der Waals surface area contributed by atoms with E-state index in [0.717, 1.165) is 6.07 Å². The summed E-state index contributed by atoms with van der Waals surface area (Å²) in [5, 5.41) is 4.47. The quantitative estimate of drug-likeness (QED) is 0.459. The van der Waals surface area contributed by atoms with E-state index in [4.69, 9.17) is 0 Å². The number of rotatable bonds is 5. The fourth-order valence-electron chi connectivity index (χ4n) is 2.84. The van der Waals surface area contributed by atoms with E-state index in [0.29, 0.717) is 11.6 Å². The van der Waals surface area contributed by atoms with Gasteiger partial charge in [0.25, 0.3) is 0 Å². The molecule has 10 heteroatoms. The molecule has 1 aliphatic heterocycles. The molecule has 1 heterocycles. The minimum absolute atomic E-state index is 0.271. The average molecular weight is 396 g/mol. The number of hydrazine groups is 1. The third-order valence-corrected chi connectivity index (χ3v) is 4.28. The van der Waals surface area contributed by atoms with Crippen LogP contribution >= 0.6 is 0 Å². The molecule has 3 rings (SSSR count). The van der Waals surface area contributed by atoms with Crippen LogP contribution in [-0.2, 0) is 9.59 Å². The van der Waals surface area contributed by atoms with Gasteiger partial charge in [0.2, 0.25) is 11.8 Å². The molecule has 148 valence electrons. The number of hydrogen-bond acceptors (Lipinski definition) is 4. The minimum atomic E-state index is -1.70. The van der Waals surface area contributed by atoms with Crippen molar-refractivity contribution in [1.82, 2.24) is 16.2 Å². The number of hydrogen-bond donors (Lipinski definition) is 4. The lowest BCUT2D eigenvalue weighted by Gasteiger charge is -2.18. The molecule has 2 aromatic carbocycles. The topological polar surface area (TPSA) is 82.3 Å². The van der Waals surface area contributed by atoms with E-state index in [2.05, 4.69) is 21.5 Å². The highest BCUT2D eigenvalue weighted by Gasteiger charge is 2.34. The summed E-state index contributed by atoms with van der Waals surface area (Å²) in [6.07, 6.45) is 0. The fourth-order valence-corrected chi connectivity index (χ4v) is 2.84. The Bertz CT molecular complexity index is 892. The van der Waals surface area contributed by atoms with E-state index < -0.39 is 59.3 Å². The van der Waals surface area contributed by atoms with Gasteiger partial charge in [0.05, 0.1) is 24.2 Å². The summed E-state index contributed by atoms with van der Waals surface area (Å²) in [6.45, 7) is -0.225. The normalized spacial score (nSPS) is 18.7. The molecule has 4 N–H and O–H groups in total. The molecule has 0 spiro atoms. The SMILES string of the molecule is O=C(CNC(=O)C1CNNC1c1ccc(F)cc1)Nc1ccc(F)c(F)c1F. The Kier molecular flexibility index (Phi) is 5.90. The largest absolute Gasteiger partial charge is 0.347 e. The summed E-state index contributed by atoms with van der Waals surface area (Å²) in [6, 6.07) is 6.74. The predicted octanol–water partition coefficient (Wildman–Crippen LogP) is 1.76. The second-order valence-electron chi connectivity index (χ2n) is 6.15. The first-order valence-electron chi connectivity index (χ1n) is 8.31. The monoisotopic (exact) mass is 396 g/mol. The summed E-state index contributed by atoms with van der Waals surface area (Å²) in [5.74, 6) is -6.87. The van der Waals surface area contributed by atoms with Gasteiger partial charge in [-0.05, 0) is 29.8 Å². The van der Waals surface area contributed by atoms with Crippen molar-refractivity contribution < 1.29 is 27.2 Å². The van der Waals surface area contributed by atoms with Crippen molar-refractivity contribution in [3.8, 4) is 0 Å². The first-order valence-corrected chi connectivity index (χ1v) is 8.31. The van der Waals surface area contributed by atoms with Crippen LogP contribution in [0.5, 0.6) is 0 Å². The first-order chi connectivity index (χ1) is 13.4. The Hall–Kier alpha value is -2.98. The van der Waals surface area contributed by atoms with Crippen molar-refractivity contribution in [2.75, 3.05) is 18.4 Å². The van der Waals surface area contributed by atoms with Gasteiger partial charge in [-0.25, -0.2) is 23.0 Å². The molecule has 1 aliphatic rings. The van der Waals surface area contributed by atoms with Crippen molar-refractivity contribution in [3.05, 3.63) is 65.2 Å². The van der Waals surface area contributed by atoms with E-state index in [1.54, 1.807) is 12.1 Å². The van der Waals surface area contributed by atoms with Crippen LogP contribution in [0.3, 0.4) is 0 Å². The van der Waals surface area contributed by atoms with Crippen LogP contribution in [0.15, 0.2) is 36.4 Å². The molecule has 2 amide bonds. The van der Waals surface area contributed by atoms with E-state index in [9.17, 15) is 27.2 Å². The highest BCUT2D eigenvalue weighted by Crippen LogP contribution is 2.25. The van der Waals surface area contributed by atoms with Crippen LogP contribution in [0.2, 0.25) is 0 Å². The van der Waals surface area contributed by atoms with E-state index >= 15 is 0 Å². The van der Waals surface area contributed by atoms with Crippen LogP contribution in [0.1, 0.15) is 11.6 Å². The lowest BCUT2D eigenvalue weighted by molar-refractivity contribution is -0.127. The number of anilines is 1. The number of carbonyl (C=O) groups excluding carboxylic acids is 2. The fraction of sp³-hybridized carbons (Fsp3) is 0.222. The number of carbonyl (C=O) groups is 2. The molecule has 2 atom stereocenters. The lowest BCUT2D eigenvalue weighted by atomic mass is 9.94. The summed E-state index contributed by atoms with van der Waals surface area (Å²) < 4.78 is 52.7. The van der Waals surface area contributed by atoms with Gasteiger partial charge in [0.15, 0.2) is 17.5 Å². The number of amides is 2. The van der Waals surface area contributed by atoms with Crippen molar-refractivity contribution in [2.45, 2.75) is 6.04 Å².